The van der Waals surface area contributed by atoms with Crippen LogP contribution in [-0.2, 0) is 21.2 Å². The Balaban J connectivity index is 1.75. The van der Waals surface area contributed by atoms with Gasteiger partial charge in [0.2, 0.25) is 5.91 Å². The zero-order valence-corrected chi connectivity index (χ0v) is 18.3. The maximum Gasteiger partial charge on any atom is 0.248 e. The summed E-state index contributed by atoms with van der Waals surface area (Å²) in [6.07, 6.45) is 5.62. The Morgan fingerprint density at radius 1 is 1.14 bits per heavy atom. The number of benzene rings is 2. The van der Waals surface area contributed by atoms with E-state index in [0.29, 0.717) is 14.8 Å². The molecular formula is C20H16Cl2N2O3S2. The summed E-state index contributed by atoms with van der Waals surface area (Å²) in [6.45, 7) is 0.263. The van der Waals surface area contributed by atoms with Gasteiger partial charge in [-0.15, -0.1) is 6.42 Å². The molecule has 0 aliphatic heterocycles. The molecule has 0 unspecified atom stereocenters. The Bertz CT molecular complexity index is 1270. The molecule has 0 atom stereocenters. The molecule has 3 aromatic rings. The van der Waals surface area contributed by atoms with Gasteiger partial charge >= 0.3 is 0 Å². The van der Waals surface area contributed by atoms with Gasteiger partial charge in [0.05, 0.1) is 27.4 Å². The lowest BCUT2D eigenvalue weighted by Crippen LogP contribution is -2.16. The van der Waals surface area contributed by atoms with Crippen molar-refractivity contribution in [2.75, 3.05) is 5.75 Å². The first-order chi connectivity index (χ1) is 13.8. The number of carbonyl (C=O) groups is 1. The maximum atomic E-state index is 12.4. The number of halogens is 2. The van der Waals surface area contributed by atoms with Crippen molar-refractivity contribution < 1.29 is 13.2 Å². The second kappa shape index (κ2) is 9.14. The molecule has 150 valence electrons. The van der Waals surface area contributed by atoms with Gasteiger partial charge in [-0.25, -0.2) is 8.42 Å². The highest BCUT2D eigenvalue weighted by Gasteiger charge is 2.15. The molecule has 0 bridgehead atoms. The summed E-state index contributed by atoms with van der Waals surface area (Å²) in [6, 6.07) is 11.3. The molecule has 0 aliphatic rings. The number of sulfone groups is 1. The number of rotatable bonds is 6. The third kappa shape index (κ3) is 5.28. The van der Waals surface area contributed by atoms with Crippen molar-refractivity contribution in [2.24, 2.45) is 4.99 Å². The topological polar surface area (TPSA) is 68.5 Å². The quantitative estimate of drug-likeness (QED) is 0.507. The standard InChI is InChI=1S/C20H16Cl2N2O3S2/c1-2-11-24-17-10-7-15(22)13-18(17)28-20(24)23-19(25)4-3-12-29(26,27)16-8-5-14(21)6-9-16/h1,5-10,13H,3-4,11-12H2. The normalized spacial score (nSPS) is 12.2. The number of fused-ring (bicyclic) bond motifs is 1. The second-order valence-electron chi connectivity index (χ2n) is 6.17. The number of hydrogen-bond donors (Lipinski definition) is 0. The Hall–Kier alpha value is -2.11. The molecule has 3 rings (SSSR count). The Labute approximate surface area is 182 Å². The maximum absolute atomic E-state index is 12.4. The van der Waals surface area contributed by atoms with Crippen LogP contribution in [0.15, 0.2) is 52.4 Å². The molecule has 0 aliphatic carbocycles. The van der Waals surface area contributed by atoms with Crippen molar-refractivity contribution in [3.63, 3.8) is 0 Å². The summed E-state index contributed by atoms with van der Waals surface area (Å²) in [5.41, 5.74) is 0.842. The van der Waals surface area contributed by atoms with E-state index in [1.807, 2.05) is 6.07 Å². The number of aromatic nitrogens is 1. The van der Waals surface area contributed by atoms with E-state index in [2.05, 4.69) is 10.9 Å². The largest absolute Gasteiger partial charge is 0.305 e. The smallest absolute Gasteiger partial charge is 0.248 e. The minimum atomic E-state index is -3.48. The molecule has 1 amide bonds. The summed E-state index contributed by atoms with van der Waals surface area (Å²) in [5, 5.41) is 1.04. The van der Waals surface area contributed by atoms with Crippen LogP contribution in [0.1, 0.15) is 12.8 Å². The van der Waals surface area contributed by atoms with Gasteiger partial charge in [-0.05, 0) is 48.9 Å². The molecule has 29 heavy (non-hydrogen) atoms. The van der Waals surface area contributed by atoms with Gasteiger partial charge in [0.25, 0.3) is 0 Å². The van der Waals surface area contributed by atoms with Crippen molar-refractivity contribution in [3.05, 3.63) is 57.3 Å². The van der Waals surface area contributed by atoms with E-state index in [9.17, 15) is 13.2 Å². The molecule has 0 spiro atoms. The number of thiazole rings is 1. The summed E-state index contributed by atoms with van der Waals surface area (Å²) < 4.78 is 27.3. The van der Waals surface area contributed by atoms with Crippen LogP contribution in [0, 0.1) is 12.3 Å². The third-order valence-corrected chi connectivity index (χ3v) is 7.44. The zero-order valence-electron chi connectivity index (χ0n) is 15.1. The molecule has 5 nitrogen and oxygen atoms in total. The van der Waals surface area contributed by atoms with E-state index >= 15 is 0 Å². The van der Waals surface area contributed by atoms with Crippen LogP contribution in [0.5, 0.6) is 0 Å². The van der Waals surface area contributed by atoms with E-state index < -0.39 is 15.7 Å². The summed E-state index contributed by atoms with van der Waals surface area (Å²) in [7, 11) is -3.48. The van der Waals surface area contributed by atoms with Crippen molar-refractivity contribution in [3.8, 4) is 12.3 Å². The molecule has 0 N–H and O–H groups in total. The first-order valence-corrected chi connectivity index (χ1v) is 11.8. The van der Waals surface area contributed by atoms with Crippen molar-refractivity contribution >= 4 is 60.5 Å². The van der Waals surface area contributed by atoms with E-state index in [1.54, 1.807) is 16.7 Å². The molecule has 1 aromatic heterocycles. The summed E-state index contributed by atoms with van der Waals surface area (Å²) in [5.74, 6) is 2.00. The lowest BCUT2D eigenvalue weighted by Gasteiger charge is -2.03. The number of amides is 1. The van der Waals surface area contributed by atoms with E-state index in [4.69, 9.17) is 29.6 Å². The van der Waals surface area contributed by atoms with Crippen molar-refractivity contribution in [1.82, 2.24) is 4.57 Å². The molecule has 0 saturated heterocycles. The highest BCUT2D eigenvalue weighted by molar-refractivity contribution is 7.91. The Kier molecular flexibility index (Phi) is 6.81. The van der Waals surface area contributed by atoms with Gasteiger partial charge in [0.1, 0.15) is 0 Å². The lowest BCUT2D eigenvalue weighted by molar-refractivity contribution is -0.118. The van der Waals surface area contributed by atoms with Crippen molar-refractivity contribution in [1.29, 1.82) is 0 Å². The molecule has 0 fully saturated rings. The van der Waals surface area contributed by atoms with Crippen LogP contribution in [0.4, 0.5) is 0 Å². The SMILES string of the molecule is C#CCn1c(=NC(=O)CCCS(=O)(=O)c2ccc(Cl)cc2)sc2cc(Cl)ccc21. The van der Waals surface area contributed by atoms with Crippen LogP contribution in [-0.4, -0.2) is 24.6 Å². The third-order valence-electron chi connectivity index (χ3n) is 4.09. The van der Waals surface area contributed by atoms with Gasteiger partial charge in [-0.1, -0.05) is 40.5 Å². The fourth-order valence-corrected chi connectivity index (χ4v) is 5.47. The van der Waals surface area contributed by atoms with Crippen molar-refractivity contribution in [2.45, 2.75) is 24.3 Å². The average Bonchev–Trinajstić information content (AvgIpc) is 2.98. The van der Waals surface area contributed by atoms with E-state index in [-0.39, 0.29) is 30.0 Å². The molecular weight excluding hydrogens is 451 g/mol. The number of terminal acetylenes is 1. The molecule has 1 heterocycles. The summed E-state index contributed by atoms with van der Waals surface area (Å²) >= 11 is 13.1. The molecule has 0 saturated carbocycles. The number of carbonyl (C=O) groups excluding carboxylic acids is 1. The highest BCUT2D eigenvalue weighted by atomic mass is 35.5. The van der Waals surface area contributed by atoms with Crippen LogP contribution < -0.4 is 4.80 Å². The van der Waals surface area contributed by atoms with Crippen LogP contribution in [0.3, 0.4) is 0 Å². The van der Waals surface area contributed by atoms with Gasteiger partial charge in [0, 0.05) is 16.5 Å². The Morgan fingerprint density at radius 3 is 2.52 bits per heavy atom. The number of hydrogen-bond acceptors (Lipinski definition) is 4. The van der Waals surface area contributed by atoms with E-state index in [0.717, 1.165) is 10.2 Å². The Morgan fingerprint density at radius 2 is 1.83 bits per heavy atom. The fourth-order valence-electron chi connectivity index (χ4n) is 2.71. The van der Waals surface area contributed by atoms with Gasteiger partial charge in [-0.3, -0.25) is 4.79 Å². The zero-order chi connectivity index (χ0) is 21.0. The predicted molar refractivity (Wildman–Crippen MR) is 117 cm³/mol. The van der Waals surface area contributed by atoms with Crippen LogP contribution >= 0.6 is 34.5 Å². The van der Waals surface area contributed by atoms with Crippen LogP contribution in [0.2, 0.25) is 10.0 Å². The van der Waals surface area contributed by atoms with Gasteiger partial charge < -0.3 is 4.57 Å². The molecule has 9 heteroatoms. The highest BCUT2D eigenvalue weighted by Crippen LogP contribution is 2.22. The summed E-state index contributed by atoms with van der Waals surface area (Å²) in [4.78, 5) is 17.1. The van der Waals surface area contributed by atoms with Gasteiger partial charge in [-0.2, -0.15) is 4.99 Å². The first-order valence-electron chi connectivity index (χ1n) is 8.58. The predicted octanol–water partition coefficient (Wildman–Crippen LogP) is 4.32. The lowest BCUT2D eigenvalue weighted by atomic mass is 10.3. The molecule has 2 aromatic carbocycles. The monoisotopic (exact) mass is 466 g/mol. The second-order valence-corrected chi connectivity index (χ2v) is 10.2. The number of nitrogens with zero attached hydrogens (tertiary/aromatic N) is 2. The molecule has 0 radical (unpaired) electrons. The average molecular weight is 467 g/mol. The van der Waals surface area contributed by atoms with Crippen LogP contribution in [0.25, 0.3) is 10.2 Å². The fraction of sp³-hybridized carbons (Fsp3) is 0.200. The first kappa shape index (κ1) is 21.6. The van der Waals surface area contributed by atoms with E-state index in [1.165, 1.54) is 35.6 Å². The van der Waals surface area contributed by atoms with Gasteiger partial charge in [0.15, 0.2) is 14.6 Å². The minimum absolute atomic E-state index is 0.0118. The minimum Gasteiger partial charge on any atom is -0.305 e.